The lowest BCUT2D eigenvalue weighted by Crippen LogP contribution is -2.54. The number of carboxylic acid groups (broad SMARTS) is 1. The summed E-state index contributed by atoms with van der Waals surface area (Å²) in [5, 5.41) is 12.5. The summed E-state index contributed by atoms with van der Waals surface area (Å²) in [7, 11) is 0. The van der Waals surface area contributed by atoms with E-state index in [1.165, 1.54) is 11.8 Å². The molecule has 1 aromatic carbocycles. The SMILES string of the molecule is CCN1c2c(cc(F)c(N3CCNC(C)C3)c2F)C(=O)C(=O)C1C(=O)O. The number of rotatable bonds is 3. The van der Waals surface area contributed by atoms with E-state index < -0.39 is 40.8 Å². The van der Waals surface area contributed by atoms with Crippen LogP contribution in [0.4, 0.5) is 20.2 Å². The molecule has 0 bridgehead atoms. The van der Waals surface area contributed by atoms with Gasteiger partial charge in [-0.25, -0.2) is 13.6 Å². The number of piperazine rings is 1. The molecule has 2 atom stereocenters. The predicted molar refractivity (Wildman–Crippen MR) is 89.8 cm³/mol. The first-order valence-electron chi connectivity index (χ1n) is 8.36. The first-order chi connectivity index (χ1) is 12.3. The van der Waals surface area contributed by atoms with Crippen molar-refractivity contribution in [2.45, 2.75) is 25.9 Å². The number of carboxylic acids is 1. The van der Waals surface area contributed by atoms with Crippen LogP contribution in [-0.2, 0) is 9.59 Å². The Bertz CT molecular complexity index is 799. The van der Waals surface area contributed by atoms with Gasteiger partial charge in [-0.3, -0.25) is 9.59 Å². The number of fused-ring (bicyclic) bond motifs is 1. The summed E-state index contributed by atoms with van der Waals surface area (Å²) in [6.07, 6.45) is 0. The fourth-order valence-electron chi connectivity index (χ4n) is 3.59. The average molecular weight is 367 g/mol. The number of aliphatic carboxylic acids is 1. The highest BCUT2D eigenvalue weighted by molar-refractivity contribution is 6.51. The summed E-state index contributed by atoms with van der Waals surface area (Å²) in [4.78, 5) is 38.4. The van der Waals surface area contributed by atoms with Crippen LogP contribution in [0, 0.1) is 11.6 Å². The Morgan fingerprint density at radius 2 is 2.04 bits per heavy atom. The molecule has 1 fully saturated rings. The van der Waals surface area contributed by atoms with Crippen LogP contribution in [0.5, 0.6) is 0 Å². The molecule has 2 unspecified atom stereocenters. The molecule has 140 valence electrons. The molecule has 1 saturated heterocycles. The van der Waals surface area contributed by atoms with Crippen LogP contribution < -0.4 is 15.1 Å². The normalized spacial score (nSPS) is 23.2. The van der Waals surface area contributed by atoms with Crippen LogP contribution in [-0.4, -0.2) is 60.9 Å². The van der Waals surface area contributed by atoms with Gasteiger partial charge in [0.1, 0.15) is 11.5 Å². The van der Waals surface area contributed by atoms with Gasteiger partial charge in [-0.05, 0) is 19.9 Å². The summed E-state index contributed by atoms with van der Waals surface area (Å²) in [5.74, 6) is -5.88. The second-order valence-electron chi connectivity index (χ2n) is 6.44. The summed E-state index contributed by atoms with van der Waals surface area (Å²) in [5.41, 5.74) is -1.06. The Morgan fingerprint density at radius 3 is 2.62 bits per heavy atom. The van der Waals surface area contributed by atoms with Crippen LogP contribution in [0.3, 0.4) is 0 Å². The number of Topliss-reactive ketones (excluding diaryl/α,β-unsaturated/α-hetero) is 2. The minimum Gasteiger partial charge on any atom is -0.479 e. The second kappa shape index (κ2) is 6.64. The smallest absolute Gasteiger partial charge is 0.334 e. The van der Waals surface area contributed by atoms with Crippen LogP contribution >= 0.6 is 0 Å². The molecule has 0 amide bonds. The van der Waals surface area contributed by atoms with E-state index in [2.05, 4.69) is 5.32 Å². The lowest BCUT2D eigenvalue weighted by atomic mass is 9.92. The van der Waals surface area contributed by atoms with Crippen molar-refractivity contribution in [1.82, 2.24) is 5.32 Å². The quantitative estimate of drug-likeness (QED) is 0.604. The van der Waals surface area contributed by atoms with Crippen molar-refractivity contribution in [2.75, 3.05) is 36.0 Å². The number of halogens is 2. The van der Waals surface area contributed by atoms with Gasteiger partial charge in [0.25, 0.3) is 0 Å². The van der Waals surface area contributed by atoms with Gasteiger partial charge in [0, 0.05) is 32.2 Å². The van der Waals surface area contributed by atoms with Gasteiger partial charge >= 0.3 is 5.97 Å². The number of carbonyl (C=O) groups excluding carboxylic acids is 2. The summed E-state index contributed by atoms with van der Waals surface area (Å²) in [6.45, 7) is 4.64. The number of hydrogen-bond acceptors (Lipinski definition) is 6. The maximum Gasteiger partial charge on any atom is 0.334 e. The molecule has 2 N–H and O–H groups in total. The van der Waals surface area contributed by atoms with E-state index in [0.29, 0.717) is 19.6 Å². The molecule has 0 aromatic heterocycles. The van der Waals surface area contributed by atoms with Crippen molar-refractivity contribution >= 4 is 28.9 Å². The van der Waals surface area contributed by atoms with Crippen molar-refractivity contribution in [2.24, 2.45) is 0 Å². The molecule has 2 heterocycles. The highest BCUT2D eigenvalue weighted by atomic mass is 19.1. The number of nitrogens with one attached hydrogen (secondary N) is 1. The van der Waals surface area contributed by atoms with Crippen LogP contribution in [0.2, 0.25) is 0 Å². The van der Waals surface area contributed by atoms with E-state index in [9.17, 15) is 23.9 Å². The Morgan fingerprint density at radius 1 is 1.35 bits per heavy atom. The molecule has 7 nitrogen and oxygen atoms in total. The van der Waals surface area contributed by atoms with E-state index in [4.69, 9.17) is 0 Å². The maximum atomic E-state index is 15.3. The zero-order valence-corrected chi connectivity index (χ0v) is 14.4. The van der Waals surface area contributed by atoms with Crippen molar-refractivity contribution < 1.29 is 28.3 Å². The zero-order valence-electron chi connectivity index (χ0n) is 14.4. The minimum absolute atomic E-state index is 0.0100. The third-order valence-electron chi connectivity index (χ3n) is 4.74. The lowest BCUT2D eigenvalue weighted by molar-refractivity contribution is -0.141. The number of carbonyl (C=O) groups is 3. The number of nitrogens with zero attached hydrogens (tertiary/aromatic N) is 2. The molecule has 3 rings (SSSR count). The van der Waals surface area contributed by atoms with Gasteiger partial charge in [0.2, 0.25) is 11.6 Å². The number of hydrogen-bond donors (Lipinski definition) is 2. The molecule has 26 heavy (non-hydrogen) atoms. The second-order valence-corrected chi connectivity index (χ2v) is 6.44. The Labute approximate surface area is 148 Å². The Hall–Kier alpha value is -2.55. The summed E-state index contributed by atoms with van der Waals surface area (Å²) >= 11 is 0. The third-order valence-corrected chi connectivity index (χ3v) is 4.74. The lowest BCUT2D eigenvalue weighted by Gasteiger charge is -2.38. The number of benzene rings is 1. The molecule has 9 heteroatoms. The first kappa shape index (κ1) is 18.2. The average Bonchev–Trinajstić information content (AvgIpc) is 2.57. The van der Waals surface area contributed by atoms with Crippen molar-refractivity contribution in [1.29, 1.82) is 0 Å². The van der Waals surface area contributed by atoms with Gasteiger partial charge in [-0.1, -0.05) is 0 Å². The van der Waals surface area contributed by atoms with Gasteiger partial charge in [0.05, 0.1) is 11.3 Å². The Kier molecular flexibility index (Phi) is 4.66. The largest absolute Gasteiger partial charge is 0.479 e. The Balaban J connectivity index is 2.19. The van der Waals surface area contributed by atoms with Gasteiger partial charge in [0.15, 0.2) is 11.9 Å². The molecule has 0 spiro atoms. The molecule has 2 aliphatic rings. The van der Waals surface area contributed by atoms with E-state index in [0.717, 1.165) is 11.0 Å². The molecule has 0 radical (unpaired) electrons. The zero-order chi connectivity index (χ0) is 19.2. The van der Waals surface area contributed by atoms with E-state index in [1.807, 2.05) is 6.92 Å². The van der Waals surface area contributed by atoms with Crippen molar-refractivity contribution in [3.63, 3.8) is 0 Å². The highest BCUT2D eigenvalue weighted by Gasteiger charge is 2.45. The molecule has 0 saturated carbocycles. The number of ketones is 2. The molecule has 0 aliphatic carbocycles. The number of anilines is 2. The van der Waals surface area contributed by atoms with Crippen LogP contribution in [0.15, 0.2) is 6.07 Å². The summed E-state index contributed by atoms with van der Waals surface area (Å²) in [6, 6.07) is -0.966. The fraction of sp³-hybridized carbons (Fsp3) is 0.471. The number of likely N-dealkylation sites (N-methyl/N-ethyl adjacent to an activating group) is 1. The van der Waals surface area contributed by atoms with Gasteiger partial charge < -0.3 is 20.2 Å². The third kappa shape index (κ3) is 2.72. The maximum absolute atomic E-state index is 15.3. The standard InChI is InChI=1S/C17H19F2N3O4/c1-3-22-12-9(15(23)16(24)14(22)17(25)26)6-10(18)13(11(12)19)21-5-4-20-8(2)7-21/h6,8,14,20H,3-5,7H2,1-2H3,(H,25,26). The highest BCUT2D eigenvalue weighted by Crippen LogP contribution is 2.39. The van der Waals surface area contributed by atoms with Crippen molar-refractivity contribution in [3.8, 4) is 0 Å². The van der Waals surface area contributed by atoms with Gasteiger partial charge in [-0.2, -0.15) is 0 Å². The van der Waals surface area contributed by atoms with Crippen LogP contribution in [0.25, 0.3) is 0 Å². The van der Waals surface area contributed by atoms with E-state index in [-0.39, 0.29) is 24.0 Å². The minimum atomic E-state index is -1.81. The monoisotopic (exact) mass is 367 g/mol. The summed E-state index contributed by atoms with van der Waals surface area (Å²) < 4.78 is 29.9. The molecular formula is C17H19F2N3O4. The van der Waals surface area contributed by atoms with E-state index in [1.54, 1.807) is 0 Å². The molecular weight excluding hydrogens is 348 g/mol. The van der Waals surface area contributed by atoms with Crippen molar-refractivity contribution in [3.05, 3.63) is 23.3 Å². The molecule has 1 aromatic rings. The molecule has 2 aliphatic heterocycles. The van der Waals surface area contributed by atoms with E-state index >= 15 is 4.39 Å². The first-order valence-corrected chi connectivity index (χ1v) is 8.36. The topological polar surface area (TPSA) is 90.0 Å². The van der Waals surface area contributed by atoms with Crippen LogP contribution in [0.1, 0.15) is 24.2 Å². The fourth-order valence-corrected chi connectivity index (χ4v) is 3.59. The predicted octanol–water partition coefficient (Wildman–Crippen LogP) is 0.808. The van der Waals surface area contributed by atoms with Gasteiger partial charge in [-0.15, -0.1) is 0 Å².